The van der Waals surface area contributed by atoms with Gasteiger partial charge in [0.1, 0.15) is 0 Å². The first kappa shape index (κ1) is 7.22. The molecule has 0 heterocycles. The minimum atomic E-state index is 0.964. The third kappa shape index (κ3) is 5.22. The summed E-state index contributed by atoms with van der Waals surface area (Å²) in [4.78, 5) is 0. The van der Waals surface area contributed by atoms with Gasteiger partial charge in [0.15, 0.2) is 0 Å². The Labute approximate surface area is 51.2 Å². The van der Waals surface area contributed by atoms with Gasteiger partial charge in [-0.3, -0.25) is 0 Å². The van der Waals surface area contributed by atoms with Crippen LogP contribution in [0, 0.1) is 0 Å². The Morgan fingerprint density at radius 1 is 1.62 bits per heavy atom. The molecule has 0 spiro atoms. The zero-order valence-corrected chi connectivity index (χ0v) is 5.35. The van der Waals surface area contributed by atoms with Crippen molar-refractivity contribution in [2.75, 3.05) is 0 Å². The highest BCUT2D eigenvalue weighted by molar-refractivity contribution is 5.04. The highest BCUT2D eigenvalue weighted by atomic mass is 13.8. The normalized spacial score (nSPS) is 9.62. The Morgan fingerprint density at radius 2 is 2.25 bits per heavy atom. The molecule has 0 fully saturated rings. The molecule has 0 unspecified atom stereocenters. The van der Waals surface area contributed by atoms with Crippen LogP contribution in [0.4, 0.5) is 0 Å². The van der Waals surface area contributed by atoms with E-state index in [0.717, 1.165) is 6.42 Å². The Morgan fingerprint density at radius 3 is 2.62 bits per heavy atom. The van der Waals surface area contributed by atoms with E-state index in [1.54, 1.807) is 6.08 Å². The smallest absolute Gasteiger partial charge is 0.0141 e. The van der Waals surface area contributed by atoms with E-state index in [4.69, 9.17) is 0 Å². The van der Waals surface area contributed by atoms with E-state index in [-0.39, 0.29) is 0 Å². The summed E-state index contributed by atoms with van der Waals surface area (Å²) in [6.07, 6.45) is 6.69. The Kier molecular flexibility index (Phi) is 3.95. The minimum Gasteiger partial charge on any atom is -0.0998 e. The molecule has 0 bridgehead atoms. The maximum Gasteiger partial charge on any atom is -0.0141 e. The lowest BCUT2D eigenvalue weighted by molar-refractivity contribution is 1.23. The van der Waals surface area contributed by atoms with Crippen molar-refractivity contribution in [3.63, 3.8) is 0 Å². The van der Waals surface area contributed by atoms with Crippen molar-refractivity contribution < 1.29 is 0 Å². The van der Waals surface area contributed by atoms with Crippen molar-refractivity contribution in [1.29, 1.82) is 0 Å². The molecule has 0 aromatic rings. The van der Waals surface area contributed by atoms with Crippen LogP contribution in [0.3, 0.4) is 0 Å². The molecule has 0 saturated heterocycles. The van der Waals surface area contributed by atoms with Gasteiger partial charge in [0, 0.05) is 0 Å². The standard InChI is InChI=1S/C8H12/c1-4-5-6-7-8(2)3/h4-6H,1-2,7H2,3H3. The molecule has 0 aromatic carbocycles. The summed E-state index contributed by atoms with van der Waals surface area (Å²) in [5, 5.41) is 0. The zero-order chi connectivity index (χ0) is 6.41. The lowest BCUT2D eigenvalue weighted by atomic mass is 10.2. The Hall–Kier alpha value is -0.780. The van der Waals surface area contributed by atoms with Crippen LogP contribution in [-0.2, 0) is 0 Å². The van der Waals surface area contributed by atoms with E-state index < -0.39 is 0 Å². The SMILES string of the molecule is C=CC=CCC(=C)C. The molecular weight excluding hydrogens is 96.1 g/mol. The van der Waals surface area contributed by atoms with Gasteiger partial charge >= 0.3 is 0 Å². The first-order valence-corrected chi connectivity index (χ1v) is 2.69. The maximum absolute atomic E-state index is 3.74. The highest BCUT2D eigenvalue weighted by Crippen LogP contribution is 1.95. The molecule has 0 nitrogen and oxygen atoms in total. The summed E-state index contributed by atoms with van der Waals surface area (Å²) in [6.45, 7) is 9.29. The molecule has 0 atom stereocenters. The summed E-state index contributed by atoms with van der Waals surface area (Å²) in [7, 11) is 0. The van der Waals surface area contributed by atoms with E-state index in [0.29, 0.717) is 0 Å². The minimum absolute atomic E-state index is 0.964. The zero-order valence-electron chi connectivity index (χ0n) is 5.35. The second kappa shape index (κ2) is 4.38. The van der Waals surface area contributed by atoms with Gasteiger partial charge in [0.2, 0.25) is 0 Å². The fourth-order valence-electron chi connectivity index (χ4n) is 0.365. The first-order valence-electron chi connectivity index (χ1n) is 2.69. The maximum atomic E-state index is 3.74. The van der Waals surface area contributed by atoms with Crippen LogP contribution in [0.25, 0.3) is 0 Å². The van der Waals surface area contributed by atoms with Crippen molar-refractivity contribution >= 4 is 0 Å². The van der Waals surface area contributed by atoms with Gasteiger partial charge in [-0.2, -0.15) is 0 Å². The lowest BCUT2D eigenvalue weighted by Gasteiger charge is -1.85. The molecule has 0 aliphatic heterocycles. The molecule has 0 aliphatic rings. The molecule has 0 aliphatic carbocycles. The van der Waals surface area contributed by atoms with Crippen LogP contribution in [0.15, 0.2) is 37.0 Å². The van der Waals surface area contributed by atoms with Crippen molar-refractivity contribution in [2.24, 2.45) is 0 Å². The van der Waals surface area contributed by atoms with Gasteiger partial charge in [-0.25, -0.2) is 0 Å². The summed E-state index contributed by atoms with van der Waals surface area (Å²) < 4.78 is 0. The Balaban J connectivity index is 3.29. The monoisotopic (exact) mass is 108 g/mol. The summed E-state index contributed by atoms with van der Waals surface area (Å²) in [5.74, 6) is 0. The molecule has 0 aromatic heterocycles. The fourth-order valence-corrected chi connectivity index (χ4v) is 0.365. The van der Waals surface area contributed by atoms with Gasteiger partial charge in [-0.15, -0.1) is 0 Å². The van der Waals surface area contributed by atoms with Crippen molar-refractivity contribution in [2.45, 2.75) is 13.3 Å². The predicted octanol–water partition coefficient (Wildman–Crippen LogP) is 2.69. The number of hydrogen-bond acceptors (Lipinski definition) is 0. The quantitative estimate of drug-likeness (QED) is 0.385. The van der Waals surface area contributed by atoms with E-state index in [1.165, 1.54) is 5.57 Å². The molecular formula is C8H12. The van der Waals surface area contributed by atoms with Crippen LogP contribution < -0.4 is 0 Å². The van der Waals surface area contributed by atoms with Gasteiger partial charge in [0.25, 0.3) is 0 Å². The third-order valence-electron chi connectivity index (χ3n) is 0.738. The molecule has 44 valence electrons. The van der Waals surface area contributed by atoms with Crippen molar-refractivity contribution in [1.82, 2.24) is 0 Å². The topological polar surface area (TPSA) is 0 Å². The van der Waals surface area contributed by atoms with E-state index in [1.807, 2.05) is 19.1 Å². The molecule has 0 radical (unpaired) electrons. The average molecular weight is 108 g/mol. The van der Waals surface area contributed by atoms with E-state index in [2.05, 4.69) is 13.2 Å². The van der Waals surface area contributed by atoms with Gasteiger partial charge in [0.05, 0.1) is 0 Å². The lowest BCUT2D eigenvalue weighted by Crippen LogP contribution is -1.64. The van der Waals surface area contributed by atoms with Gasteiger partial charge < -0.3 is 0 Å². The highest BCUT2D eigenvalue weighted by Gasteiger charge is 1.74. The molecule has 8 heavy (non-hydrogen) atoms. The van der Waals surface area contributed by atoms with Crippen molar-refractivity contribution in [3.8, 4) is 0 Å². The summed E-state index contributed by atoms with van der Waals surface area (Å²) in [5.41, 5.74) is 1.18. The van der Waals surface area contributed by atoms with Crippen LogP contribution in [0.1, 0.15) is 13.3 Å². The largest absolute Gasteiger partial charge is 0.0998 e. The van der Waals surface area contributed by atoms with Crippen LogP contribution in [-0.4, -0.2) is 0 Å². The van der Waals surface area contributed by atoms with Gasteiger partial charge in [-0.1, -0.05) is 37.0 Å². The van der Waals surface area contributed by atoms with E-state index in [9.17, 15) is 0 Å². The van der Waals surface area contributed by atoms with Crippen molar-refractivity contribution in [3.05, 3.63) is 37.0 Å². The van der Waals surface area contributed by atoms with Crippen LogP contribution in [0.2, 0.25) is 0 Å². The number of rotatable bonds is 3. The van der Waals surface area contributed by atoms with Gasteiger partial charge in [-0.05, 0) is 13.3 Å². The first-order chi connectivity index (χ1) is 3.77. The predicted molar refractivity (Wildman–Crippen MR) is 38.8 cm³/mol. The molecule has 0 N–H and O–H groups in total. The van der Waals surface area contributed by atoms with Crippen LogP contribution >= 0.6 is 0 Å². The molecule has 0 saturated carbocycles. The molecule has 0 rings (SSSR count). The Bertz CT molecular complexity index is 107. The fraction of sp³-hybridized carbons (Fsp3) is 0.250. The second-order valence-electron chi connectivity index (χ2n) is 1.83. The number of hydrogen-bond donors (Lipinski definition) is 0. The molecule has 0 heteroatoms. The molecule has 0 amide bonds. The number of allylic oxidation sites excluding steroid dienone is 4. The second-order valence-corrected chi connectivity index (χ2v) is 1.83. The summed E-state index contributed by atoms with van der Waals surface area (Å²) >= 11 is 0. The van der Waals surface area contributed by atoms with E-state index >= 15 is 0 Å². The average Bonchev–Trinajstić information content (AvgIpc) is 1.66. The third-order valence-corrected chi connectivity index (χ3v) is 0.738. The summed E-state index contributed by atoms with van der Waals surface area (Å²) in [6, 6.07) is 0. The van der Waals surface area contributed by atoms with Crippen LogP contribution in [0.5, 0.6) is 0 Å².